The van der Waals surface area contributed by atoms with Crippen molar-refractivity contribution >= 4 is 21.9 Å². The second kappa shape index (κ2) is 6.46. The fourth-order valence-electron chi connectivity index (χ4n) is 1.66. The summed E-state index contributed by atoms with van der Waals surface area (Å²) in [6.07, 6.45) is -0.179. The van der Waals surface area contributed by atoms with Crippen LogP contribution in [0.25, 0.3) is 0 Å². The van der Waals surface area contributed by atoms with Gasteiger partial charge in [-0.15, -0.1) is 0 Å². The first-order valence-corrected chi connectivity index (χ1v) is 6.75. The van der Waals surface area contributed by atoms with Gasteiger partial charge in [0, 0.05) is 10.4 Å². The van der Waals surface area contributed by atoms with E-state index in [1.54, 1.807) is 20.8 Å². The highest BCUT2D eigenvalue weighted by atomic mass is 79.9. The molecule has 0 N–H and O–H groups in total. The molecule has 0 aliphatic heterocycles. The third-order valence-corrected chi connectivity index (χ3v) is 2.91. The van der Waals surface area contributed by atoms with E-state index in [0.29, 0.717) is 4.47 Å². The van der Waals surface area contributed by atoms with Crippen LogP contribution in [0.4, 0.5) is 8.78 Å². The van der Waals surface area contributed by atoms with Crippen molar-refractivity contribution in [2.24, 2.45) is 0 Å². The molecule has 106 valence electrons. The molecule has 0 heterocycles. The summed E-state index contributed by atoms with van der Waals surface area (Å²) in [5.41, 5.74) is -0.448. The van der Waals surface area contributed by atoms with E-state index < -0.39 is 30.0 Å². The van der Waals surface area contributed by atoms with E-state index in [1.165, 1.54) is 18.2 Å². The summed E-state index contributed by atoms with van der Waals surface area (Å²) in [5.74, 6) is -1.88. The molecule has 19 heavy (non-hydrogen) atoms. The van der Waals surface area contributed by atoms with Crippen LogP contribution >= 0.6 is 15.9 Å². The van der Waals surface area contributed by atoms with Gasteiger partial charge in [0.15, 0.2) is 0 Å². The molecule has 0 bridgehead atoms. The Bertz CT molecular complexity index is 455. The van der Waals surface area contributed by atoms with Crippen molar-refractivity contribution in [2.75, 3.05) is 6.67 Å². The first-order chi connectivity index (χ1) is 8.73. The lowest BCUT2D eigenvalue weighted by molar-refractivity contribution is -0.155. The zero-order chi connectivity index (χ0) is 14.6. The number of hydrogen-bond donors (Lipinski definition) is 0. The topological polar surface area (TPSA) is 26.3 Å². The minimum Gasteiger partial charge on any atom is -0.460 e. The molecular formula is C14H17BrF2O2. The van der Waals surface area contributed by atoms with E-state index >= 15 is 0 Å². The second-order valence-electron chi connectivity index (χ2n) is 5.31. The Morgan fingerprint density at radius 1 is 1.42 bits per heavy atom. The molecular weight excluding hydrogens is 318 g/mol. The molecule has 0 aromatic heterocycles. The lowest BCUT2D eigenvalue weighted by Crippen LogP contribution is -2.25. The average Bonchev–Trinajstić information content (AvgIpc) is 2.27. The molecule has 0 spiro atoms. The molecule has 1 rings (SSSR count). The summed E-state index contributed by atoms with van der Waals surface area (Å²) in [4.78, 5) is 11.7. The second-order valence-corrected chi connectivity index (χ2v) is 6.22. The number of hydrogen-bond acceptors (Lipinski definition) is 2. The Morgan fingerprint density at radius 3 is 2.58 bits per heavy atom. The molecule has 0 fully saturated rings. The largest absolute Gasteiger partial charge is 0.460 e. The Morgan fingerprint density at radius 2 is 2.05 bits per heavy atom. The summed E-state index contributed by atoms with van der Waals surface area (Å²) >= 11 is 3.20. The zero-order valence-electron chi connectivity index (χ0n) is 11.2. The van der Waals surface area contributed by atoms with E-state index in [0.717, 1.165) is 0 Å². The quantitative estimate of drug-likeness (QED) is 0.764. The van der Waals surface area contributed by atoms with Crippen LogP contribution in [0.15, 0.2) is 22.7 Å². The highest BCUT2D eigenvalue weighted by molar-refractivity contribution is 9.10. The molecule has 1 atom stereocenters. The predicted octanol–water partition coefficient (Wildman–Crippen LogP) is 4.37. The number of carbonyl (C=O) groups is 1. The van der Waals surface area contributed by atoms with E-state index in [1.807, 2.05) is 0 Å². The number of ether oxygens (including phenoxy) is 1. The predicted molar refractivity (Wildman–Crippen MR) is 73.3 cm³/mol. The third kappa shape index (κ3) is 5.27. The minimum atomic E-state index is -0.827. The summed E-state index contributed by atoms with van der Waals surface area (Å²) in [5, 5.41) is 0. The Kier molecular flexibility index (Phi) is 5.47. The van der Waals surface area contributed by atoms with Gasteiger partial charge in [-0.25, -0.2) is 4.39 Å². The van der Waals surface area contributed by atoms with Crippen LogP contribution in [-0.4, -0.2) is 18.2 Å². The third-order valence-electron chi connectivity index (χ3n) is 2.42. The van der Waals surface area contributed by atoms with Gasteiger partial charge >= 0.3 is 5.97 Å². The molecule has 0 radical (unpaired) electrons. The molecule has 1 unspecified atom stereocenters. The van der Waals surface area contributed by atoms with Crippen LogP contribution in [0, 0.1) is 5.82 Å². The first kappa shape index (κ1) is 16.1. The van der Waals surface area contributed by atoms with Crippen LogP contribution in [0.1, 0.15) is 38.7 Å². The summed E-state index contributed by atoms with van der Waals surface area (Å²) in [6, 6.07) is 4.27. The number of carbonyl (C=O) groups excluding carboxylic acids is 1. The zero-order valence-corrected chi connectivity index (χ0v) is 12.8. The number of alkyl halides is 1. The first-order valence-electron chi connectivity index (χ1n) is 5.95. The molecule has 5 heteroatoms. The van der Waals surface area contributed by atoms with Gasteiger partial charge < -0.3 is 4.74 Å². The van der Waals surface area contributed by atoms with Crippen molar-refractivity contribution in [1.29, 1.82) is 0 Å². The lowest BCUT2D eigenvalue weighted by atomic mass is 9.96. The van der Waals surface area contributed by atoms with Crippen molar-refractivity contribution in [3.8, 4) is 0 Å². The molecule has 0 saturated heterocycles. The summed E-state index contributed by atoms with van der Waals surface area (Å²) < 4.78 is 32.5. The van der Waals surface area contributed by atoms with E-state index in [4.69, 9.17) is 4.74 Å². The number of rotatable bonds is 4. The molecule has 0 aliphatic carbocycles. The van der Waals surface area contributed by atoms with Gasteiger partial charge in [0.2, 0.25) is 0 Å². The number of halogens is 3. The van der Waals surface area contributed by atoms with Gasteiger partial charge in [0.05, 0.1) is 13.1 Å². The van der Waals surface area contributed by atoms with Gasteiger partial charge in [-0.2, -0.15) is 0 Å². The number of benzene rings is 1. The van der Waals surface area contributed by atoms with Crippen LogP contribution in [-0.2, 0) is 9.53 Å². The van der Waals surface area contributed by atoms with Crippen LogP contribution in [0.5, 0.6) is 0 Å². The average molecular weight is 335 g/mol. The molecule has 2 nitrogen and oxygen atoms in total. The lowest BCUT2D eigenvalue weighted by Gasteiger charge is -2.21. The summed E-state index contributed by atoms with van der Waals surface area (Å²) in [7, 11) is 0. The van der Waals surface area contributed by atoms with Crippen molar-refractivity contribution in [3.63, 3.8) is 0 Å². The monoisotopic (exact) mass is 334 g/mol. The summed E-state index contributed by atoms with van der Waals surface area (Å²) in [6.45, 7) is 4.38. The van der Waals surface area contributed by atoms with Gasteiger partial charge in [0.25, 0.3) is 0 Å². The Hall–Kier alpha value is -0.970. The van der Waals surface area contributed by atoms with Gasteiger partial charge in [-0.05, 0) is 44.5 Å². The fourth-order valence-corrected chi connectivity index (χ4v) is 2.04. The SMILES string of the molecule is CC(C)(C)OC(=O)CC(CF)c1cc(Br)ccc1F. The van der Waals surface area contributed by atoms with Crippen LogP contribution in [0.2, 0.25) is 0 Å². The smallest absolute Gasteiger partial charge is 0.307 e. The Labute approximate surface area is 120 Å². The maximum Gasteiger partial charge on any atom is 0.307 e. The van der Waals surface area contributed by atoms with E-state index in [2.05, 4.69) is 15.9 Å². The fraction of sp³-hybridized carbons (Fsp3) is 0.500. The van der Waals surface area contributed by atoms with E-state index in [-0.39, 0.29) is 12.0 Å². The Balaban J connectivity index is 2.84. The highest BCUT2D eigenvalue weighted by Gasteiger charge is 2.23. The highest BCUT2D eigenvalue weighted by Crippen LogP contribution is 2.27. The molecule has 0 saturated carbocycles. The minimum absolute atomic E-state index is 0.179. The maximum atomic E-state index is 13.7. The molecule has 0 aliphatic rings. The van der Waals surface area contributed by atoms with Gasteiger partial charge in [0.1, 0.15) is 11.4 Å². The van der Waals surface area contributed by atoms with Crippen LogP contribution < -0.4 is 0 Å². The molecule has 0 amide bonds. The van der Waals surface area contributed by atoms with Gasteiger partial charge in [-0.1, -0.05) is 15.9 Å². The van der Waals surface area contributed by atoms with Gasteiger partial charge in [-0.3, -0.25) is 9.18 Å². The van der Waals surface area contributed by atoms with Crippen LogP contribution in [0.3, 0.4) is 0 Å². The van der Waals surface area contributed by atoms with E-state index in [9.17, 15) is 13.6 Å². The van der Waals surface area contributed by atoms with Crippen molar-refractivity contribution in [1.82, 2.24) is 0 Å². The maximum absolute atomic E-state index is 13.7. The van der Waals surface area contributed by atoms with Crippen molar-refractivity contribution in [2.45, 2.75) is 38.7 Å². The molecule has 1 aromatic carbocycles. The van der Waals surface area contributed by atoms with Crippen molar-refractivity contribution in [3.05, 3.63) is 34.1 Å². The van der Waals surface area contributed by atoms with Crippen molar-refractivity contribution < 1.29 is 18.3 Å². The normalized spacial score (nSPS) is 13.2. The molecule has 1 aromatic rings. The number of esters is 1. The standard InChI is InChI=1S/C14H17BrF2O2/c1-14(2,3)19-13(18)6-9(8-16)11-7-10(15)4-5-12(11)17/h4-5,7,9H,6,8H2,1-3H3.